The Kier molecular flexibility index (Phi) is 10.4. The van der Waals surface area contributed by atoms with Crippen LogP contribution in [0.3, 0.4) is 0 Å². The minimum atomic E-state index is -6.95. The first-order valence-electron chi connectivity index (χ1n) is 10.6. The highest BCUT2D eigenvalue weighted by molar-refractivity contribution is 6.87. The van der Waals surface area contributed by atoms with Crippen LogP contribution in [0.5, 0.6) is 0 Å². The molecule has 0 aliphatic rings. The van der Waals surface area contributed by atoms with Gasteiger partial charge >= 0.3 is 44.2 Å². The molecule has 17 heteroatoms. The van der Waals surface area contributed by atoms with Crippen molar-refractivity contribution in [1.29, 1.82) is 0 Å². The highest BCUT2D eigenvalue weighted by Crippen LogP contribution is 2.55. The molecule has 0 aliphatic heterocycles. The SMILES string of the molecule is CC(F)(F)C(F)(F)C(F)(F)C(F)(F)C(C(=O)O)=C(CCC[Si](C)(O[Si](C)(C)C)O[Si](C)(C)C)C(=O)O. The molecule has 36 heavy (non-hydrogen) atoms. The van der Waals surface area contributed by atoms with E-state index in [0.29, 0.717) is 0 Å². The fraction of sp³-hybridized carbons (Fsp3) is 0.789. The second-order valence-corrected chi connectivity index (χ2v) is 23.3. The van der Waals surface area contributed by atoms with Gasteiger partial charge in [-0.2, -0.15) is 35.1 Å². The van der Waals surface area contributed by atoms with Crippen molar-refractivity contribution in [3.63, 3.8) is 0 Å². The van der Waals surface area contributed by atoms with Crippen LogP contribution in [0, 0.1) is 0 Å². The third kappa shape index (κ3) is 8.35. The molecule has 0 unspecified atom stereocenters. The quantitative estimate of drug-likeness (QED) is 0.135. The zero-order chi connectivity index (χ0) is 29.3. The molecule has 0 bridgehead atoms. The molecule has 0 saturated heterocycles. The fourth-order valence-corrected chi connectivity index (χ4v) is 16.0. The van der Waals surface area contributed by atoms with Gasteiger partial charge < -0.3 is 18.4 Å². The molecule has 0 aromatic carbocycles. The van der Waals surface area contributed by atoms with Crippen LogP contribution in [0.25, 0.3) is 0 Å². The molecule has 0 saturated carbocycles. The number of hydrogen-bond acceptors (Lipinski definition) is 4. The van der Waals surface area contributed by atoms with Crippen LogP contribution >= 0.6 is 0 Å². The summed E-state index contributed by atoms with van der Waals surface area (Å²) in [6, 6.07) is -0.0730. The maximum atomic E-state index is 14.6. The van der Waals surface area contributed by atoms with E-state index in [1.807, 2.05) is 39.3 Å². The second kappa shape index (κ2) is 10.8. The summed E-state index contributed by atoms with van der Waals surface area (Å²) in [5, 5.41) is 18.4. The number of alkyl halides is 8. The first-order valence-corrected chi connectivity index (χ1v) is 20.0. The normalized spacial score (nSPS) is 15.6. The minimum Gasteiger partial charge on any atom is -0.478 e. The monoisotopic (exact) mass is 592 g/mol. The fourth-order valence-electron chi connectivity index (χ4n) is 3.43. The molecule has 6 nitrogen and oxygen atoms in total. The Morgan fingerprint density at radius 1 is 0.722 bits per heavy atom. The Bertz CT molecular complexity index is 845. The van der Waals surface area contributed by atoms with Crippen LogP contribution in [0.1, 0.15) is 19.8 Å². The predicted octanol–water partition coefficient (Wildman–Crippen LogP) is 6.57. The number of carboxylic acid groups (broad SMARTS) is 2. The lowest BCUT2D eigenvalue weighted by Crippen LogP contribution is -2.62. The number of rotatable bonds is 14. The Morgan fingerprint density at radius 2 is 1.11 bits per heavy atom. The van der Waals surface area contributed by atoms with Crippen LogP contribution in [-0.4, -0.2) is 71.0 Å². The van der Waals surface area contributed by atoms with Gasteiger partial charge in [-0.25, -0.2) is 9.59 Å². The number of aliphatic carboxylic acids is 2. The van der Waals surface area contributed by atoms with E-state index in [0.717, 1.165) is 0 Å². The van der Waals surface area contributed by atoms with Crippen LogP contribution in [0.2, 0.25) is 51.9 Å². The molecule has 212 valence electrons. The number of carboxylic acids is 2. The average molecular weight is 593 g/mol. The summed E-state index contributed by atoms with van der Waals surface area (Å²) in [6.45, 7) is 11.8. The standard InChI is InChI=1S/C19H32F8O6Si3/c1-16(20,21)18(24,25)19(26,27)17(22,23)13(15(30)31)12(14(28)29)10-9-11-36(8,32-34(2,3)4)33-35(5,6)7/h9-11H2,1-8H3,(H,28,29)(H,30,31). The number of halogens is 8. The molecule has 0 aromatic heterocycles. The summed E-state index contributed by atoms with van der Waals surface area (Å²) in [7, 11) is -7.64. The molecule has 0 radical (unpaired) electrons. The van der Waals surface area contributed by atoms with Gasteiger partial charge in [-0.05, 0) is 64.7 Å². The lowest BCUT2D eigenvalue weighted by atomic mass is 9.89. The van der Waals surface area contributed by atoms with Crippen molar-refractivity contribution in [2.75, 3.05) is 0 Å². The van der Waals surface area contributed by atoms with Gasteiger partial charge in [0.1, 0.15) is 5.57 Å². The molecule has 2 N–H and O–H groups in total. The molecule has 0 atom stereocenters. The minimum absolute atomic E-state index is 0.0730. The Balaban J connectivity index is 6.54. The van der Waals surface area contributed by atoms with Gasteiger partial charge in [0.2, 0.25) is 0 Å². The molecule has 0 fully saturated rings. The van der Waals surface area contributed by atoms with Gasteiger partial charge in [0, 0.05) is 6.92 Å². The van der Waals surface area contributed by atoms with E-state index in [4.69, 9.17) is 13.3 Å². The number of carbonyl (C=O) groups is 2. The van der Waals surface area contributed by atoms with Crippen molar-refractivity contribution in [2.45, 2.75) is 95.3 Å². The molecule has 0 aliphatic carbocycles. The van der Waals surface area contributed by atoms with Gasteiger partial charge in [0.05, 0.1) is 5.57 Å². The van der Waals surface area contributed by atoms with E-state index in [1.54, 1.807) is 6.55 Å². The van der Waals surface area contributed by atoms with Crippen LogP contribution in [0.4, 0.5) is 35.1 Å². The van der Waals surface area contributed by atoms with E-state index < -0.39 is 91.7 Å². The predicted molar refractivity (Wildman–Crippen MR) is 122 cm³/mol. The van der Waals surface area contributed by atoms with Crippen molar-refractivity contribution in [1.82, 2.24) is 0 Å². The first kappa shape index (κ1) is 34.7. The molecule has 0 spiro atoms. The Labute approximate surface area is 207 Å². The summed E-state index contributed by atoms with van der Waals surface area (Å²) in [5.41, 5.74) is -4.72. The average Bonchev–Trinajstić information content (AvgIpc) is 2.55. The van der Waals surface area contributed by atoms with E-state index in [1.165, 1.54) is 0 Å². The van der Waals surface area contributed by atoms with Gasteiger partial charge in [-0.15, -0.1) is 0 Å². The van der Waals surface area contributed by atoms with E-state index in [9.17, 15) is 49.8 Å². The van der Waals surface area contributed by atoms with Crippen molar-refractivity contribution in [3.05, 3.63) is 11.1 Å². The summed E-state index contributed by atoms with van der Waals surface area (Å²) in [4.78, 5) is 23.1. The summed E-state index contributed by atoms with van der Waals surface area (Å²) in [5.74, 6) is -31.2. The Morgan fingerprint density at radius 3 is 1.39 bits per heavy atom. The molecular weight excluding hydrogens is 560 g/mol. The second-order valence-electron chi connectivity index (χ2n) is 10.5. The summed E-state index contributed by atoms with van der Waals surface area (Å²) >= 11 is 0. The van der Waals surface area contributed by atoms with Crippen molar-refractivity contribution in [2.24, 2.45) is 0 Å². The van der Waals surface area contributed by atoms with E-state index >= 15 is 0 Å². The molecule has 0 heterocycles. The van der Waals surface area contributed by atoms with Gasteiger partial charge in [-0.1, -0.05) is 0 Å². The zero-order valence-electron chi connectivity index (χ0n) is 21.2. The third-order valence-corrected chi connectivity index (χ3v) is 14.1. The lowest BCUT2D eigenvalue weighted by Gasteiger charge is -2.38. The van der Waals surface area contributed by atoms with E-state index in [2.05, 4.69) is 0 Å². The molecule has 0 amide bonds. The lowest BCUT2D eigenvalue weighted by molar-refractivity contribution is -0.353. The van der Waals surface area contributed by atoms with Crippen LogP contribution in [-0.2, 0) is 17.8 Å². The summed E-state index contributed by atoms with van der Waals surface area (Å²) in [6.07, 6.45) is -1.48. The van der Waals surface area contributed by atoms with Crippen molar-refractivity contribution < 1.29 is 63.2 Å². The van der Waals surface area contributed by atoms with Crippen LogP contribution in [0.15, 0.2) is 11.1 Å². The highest BCUT2D eigenvalue weighted by atomic mass is 28.5. The van der Waals surface area contributed by atoms with Crippen LogP contribution < -0.4 is 0 Å². The van der Waals surface area contributed by atoms with Crippen molar-refractivity contribution >= 4 is 37.1 Å². The highest BCUT2D eigenvalue weighted by Gasteiger charge is 2.80. The maximum Gasteiger partial charge on any atom is 0.382 e. The van der Waals surface area contributed by atoms with Crippen molar-refractivity contribution in [3.8, 4) is 0 Å². The van der Waals surface area contributed by atoms with Gasteiger partial charge in [0.25, 0.3) is 0 Å². The first-order chi connectivity index (χ1) is 15.5. The molecule has 0 aromatic rings. The third-order valence-electron chi connectivity index (χ3n) is 4.53. The summed E-state index contributed by atoms with van der Waals surface area (Å²) < 4.78 is 123. The Hall–Kier alpha value is -1.31. The smallest absolute Gasteiger partial charge is 0.382 e. The number of hydrogen-bond donors (Lipinski definition) is 2. The van der Waals surface area contributed by atoms with Gasteiger partial charge in [0.15, 0.2) is 16.6 Å². The van der Waals surface area contributed by atoms with Gasteiger partial charge in [-0.3, -0.25) is 0 Å². The maximum absolute atomic E-state index is 14.6. The zero-order valence-corrected chi connectivity index (χ0v) is 24.2. The molecule has 0 rings (SSSR count). The topological polar surface area (TPSA) is 93.1 Å². The van der Waals surface area contributed by atoms with E-state index in [-0.39, 0.29) is 6.04 Å². The largest absolute Gasteiger partial charge is 0.478 e. The molecular formula is C19H32F8O6Si3.